The molecule has 2 aliphatic rings. The van der Waals surface area contributed by atoms with E-state index in [0.29, 0.717) is 13.0 Å². The third-order valence-corrected chi connectivity index (χ3v) is 4.95. The van der Waals surface area contributed by atoms with Crippen molar-refractivity contribution >= 4 is 35.6 Å². The van der Waals surface area contributed by atoms with Crippen LogP contribution in [0.2, 0.25) is 0 Å². The molecule has 1 saturated heterocycles. The first kappa shape index (κ1) is 19.7. The van der Waals surface area contributed by atoms with Crippen LogP contribution < -0.4 is 16.0 Å². The predicted molar refractivity (Wildman–Crippen MR) is 100 cm³/mol. The Hall–Kier alpha value is -1.63. The van der Waals surface area contributed by atoms with Gasteiger partial charge >= 0.3 is 0 Å². The van der Waals surface area contributed by atoms with Crippen molar-refractivity contribution in [3.8, 4) is 0 Å². The molecule has 2 amide bonds. The van der Waals surface area contributed by atoms with Crippen molar-refractivity contribution in [2.45, 2.75) is 32.1 Å². The number of piperidine rings is 1. The number of benzene rings is 1. The molecule has 25 heavy (non-hydrogen) atoms. The number of carbonyl (C=O) groups is 2. The molecule has 6 nitrogen and oxygen atoms in total. The van der Waals surface area contributed by atoms with Gasteiger partial charge in [0.2, 0.25) is 11.8 Å². The van der Waals surface area contributed by atoms with Gasteiger partial charge in [0.25, 0.3) is 0 Å². The van der Waals surface area contributed by atoms with Crippen LogP contribution in [0.4, 0.5) is 11.4 Å². The number of hydrogen-bond donors (Lipinski definition) is 3. The molecule has 0 atom stereocenters. The molecule has 0 unspecified atom stereocenters. The standard InChI is InChI=1S/C18H25N3O3.ClH/c1-24-12-18(7-9-19-10-8-18)17(23)20-14-5-6-15-13(11-14)3-2-4-16(22)21-15;/h5-6,11,19H,2-4,7-10,12H2,1H3,(H,20,23)(H,21,22);1H. The molecule has 2 heterocycles. The van der Waals surface area contributed by atoms with Crippen LogP contribution in [0, 0.1) is 5.41 Å². The minimum Gasteiger partial charge on any atom is -0.384 e. The highest BCUT2D eigenvalue weighted by Gasteiger charge is 2.39. The summed E-state index contributed by atoms with van der Waals surface area (Å²) < 4.78 is 5.33. The van der Waals surface area contributed by atoms with Crippen molar-refractivity contribution in [2.24, 2.45) is 5.41 Å². The smallest absolute Gasteiger partial charge is 0.233 e. The van der Waals surface area contributed by atoms with Crippen molar-refractivity contribution in [2.75, 3.05) is 37.4 Å². The van der Waals surface area contributed by atoms with Crippen LogP contribution in [0.25, 0.3) is 0 Å². The second kappa shape index (κ2) is 8.65. The van der Waals surface area contributed by atoms with E-state index in [1.807, 2.05) is 18.2 Å². The minimum absolute atomic E-state index is 0. The fourth-order valence-corrected chi connectivity index (χ4v) is 3.53. The number of nitrogens with one attached hydrogen (secondary N) is 3. The summed E-state index contributed by atoms with van der Waals surface area (Å²) in [6.45, 7) is 2.08. The first-order valence-corrected chi connectivity index (χ1v) is 8.57. The van der Waals surface area contributed by atoms with Gasteiger partial charge in [-0.1, -0.05) is 0 Å². The zero-order chi connectivity index (χ0) is 17.0. The van der Waals surface area contributed by atoms with Crippen molar-refractivity contribution < 1.29 is 14.3 Å². The molecule has 1 aromatic rings. The quantitative estimate of drug-likeness (QED) is 0.763. The van der Waals surface area contributed by atoms with Gasteiger partial charge in [0, 0.05) is 24.9 Å². The highest BCUT2D eigenvalue weighted by molar-refractivity contribution is 5.97. The van der Waals surface area contributed by atoms with Gasteiger partial charge in [-0.3, -0.25) is 9.59 Å². The maximum Gasteiger partial charge on any atom is 0.233 e. The molecule has 2 aliphatic heterocycles. The lowest BCUT2D eigenvalue weighted by Gasteiger charge is -2.35. The lowest BCUT2D eigenvalue weighted by Crippen LogP contribution is -2.47. The van der Waals surface area contributed by atoms with E-state index in [0.717, 1.165) is 55.7 Å². The summed E-state index contributed by atoms with van der Waals surface area (Å²) in [7, 11) is 1.64. The number of ether oxygens (including phenoxy) is 1. The van der Waals surface area contributed by atoms with Crippen molar-refractivity contribution in [1.82, 2.24) is 5.32 Å². The molecule has 0 radical (unpaired) electrons. The van der Waals surface area contributed by atoms with E-state index in [1.54, 1.807) is 7.11 Å². The van der Waals surface area contributed by atoms with Crippen molar-refractivity contribution in [3.63, 3.8) is 0 Å². The van der Waals surface area contributed by atoms with Crippen molar-refractivity contribution in [1.29, 1.82) is 0 Å². The molecule has 1 aromatic carbocycles. The molecule has 3 N–H and O–H groups in total. The van der Waals surface area contributed by atoms with Crippen LogP contribution >= 0.6 is 12.4 Å². The number of carbonyl (C=O) groups excluding carboxylic acids is 2. The topological polar surface area (TPSA) is 79.5 Å². The zero-order valence-corrected chi connectivity index (χ0v) is 15.3. The van der Waals surface area contributed by atoms with Crippen LogP contribution in [0.5, 0.6) is 0 Å². The summed E-state index contributed by atoms with van der Waals surface area (Å²) in [4.78, 5) is 24.5. The van der Waals surface area contributed by atoms with Crippen LogP contribution in [-0.2, 0) is 20.7 Å². The van der Waals surface area contributed by atoms with Gasteiger partial charge in [-0.25, -0.2) is 0 Å². The normalized spacial score (nSPS) is 19.0. The van der Waals surface area contributed by atoms with Gasteiger partial charge in [-0.2, -0.15) is 0 Å². The Morgan fingerprint density at radius 2 is 2.04 bits per heavy atom. The van der Waals surface area contributed by atoms with Crippen molar-refractivity contribution in [3.05, 3.63) is 23.8 Å². The Labute approximate surface area is 154 Å². The predicted octanol–water partition coefficient (Wildman–Crippen LogP) is 2.34. The van der Waals surface area contributed by atoms with Gasteiger partial charge < -0.3 is 20.7 Å². The number of methoxy groups -OCH3 is 1. The number of aryl methyl sites for hydroxylation is 1. The second-order valence-corrected chi connectivity index (χ2v) is 6.69. The van der Waals surface area contributed by atoms with Crippen LogP contribution in [-0.4, -0.2) is 38.6 Å². The maximum atomic E-state index is 12.9. The average Bonchev–Trinajstić information content (AvgIpc) is 2.76. The van der Waals surface area contributed by atoms with E-state index in [9.17, 15) is 9.59 Å². The van der Waals surface area contributed by atoms with Gasteiger partial charge in [0.05, 0.1) is 12.0 Å². The van der Waals surface area contributed by atoms with E-state index >= 15 is 0 Å². The Kier molecular flexibility index (Phi) is 6.81. The summed E-state index contributed by atoms with van der Waals surface area (Å²) in [5.74, 6) is 0.0720. The Balaban J connectivity index is 0.00000225. The maximum absolute atomic E-state index is 12.9. The van der Waals surface area contributed by atoms with Crippen LogP contribution in [0.1, 0.15) is 31.2 Å². The molecule has 7 heteroatoms. The molecule has 0 aliphatic carbocycles. The summed E-state index contributed by atoms with van der Waals surface area (Å²) in [5, 5.41) is 9.27. The van der Waals surface area contributed by atoms with Gasteiger partial charge in [0.15, 0.2) is 0 Å². The molecule has 0 bridgehead atoms. The van der Waals surface area contributed by atoms with Gasteiger partial charge in [0.1, 0.15) is 0 Å². The van der Waals surface area contributed by atoms with E-state index < -0.39 is 5.41 Å². The van der Waals surface area contributed by atoms with E-state index in [4.69, 9.17) is 4.74 Å². The zero-order valence-electron chi connectivity index (χ0n) is 14.5. The number of halogens is 1. The van der Waals surface area contributed by atoms with Gasteiger partial charge in [-0.05, 0) is 62.5 Å². The van der Waals surface area contributed by atoms with E-state index in [-0.39, 0.29) is 24.2 Å². The number of anilines is 2. The van der Waals surface area contributed by atoms with Gasteiger partial charge in [-0.15, -0.1) is 12.4 Å². The largest absolute Gasteiger partial charge is 0.384 e. The average molecular weight is 368 g/mol. The first-order chi connectivity index (χ1) is 11.6. The minimum atomic E-state index is -0.471. The fraction of sp³-hybridized carbons (Fsp3) is 0.556. The third-order valence-electron chi connectivity index (χ3n) is 4.95. The molecule has 0 saturated carbocycles. The highest BCUT2D eigenvalue weighted by atomic mass is 35.5. The Morgan fingerprint density at radius 1 is 1.28 bits per heavy atom. The number of amides is 2. The highest BCUT2D eigenvalue weighted by Crippen LogP contribution is 2.32. The lowest BCUT2D eigenvalue weighted by molar-refractivity contribution is -0.130. The summed E-state index contributed by atoms with van der Waals surface area (Å²) >= 11 is 0. The molecule has 1 fully saturated rings. The molecule has 0 aromatic heterocycles. The fourth-order valence-electron chi connectivity index (χ4n) is 3.53. The molecular weight excluding hydrogens is 342 g/mol. The summed E-state index contributed by atoms with van der Waals surface area (Å²) in [6.07, 6.45) is 3.75. The monoisotopic (exact) mass is 367 g/mol. The summed E-state index contributed by atoms with van der Waals surface area (Å²) in [6, 6.07) is 5.70. The van der Waals surface area contributed by atoms with Crippen LogP contribution in [0.15, 0.2) is 18.2 Å². The number of hydrogen-bond acceptors (Lipinski definition) is 4. The van der Waals surface area contributed by atoms with E-state index in [2.05, 4.69) is 16.0 Å². The lowest BCUT2D eigenvalue weighted by atomic mass is 9.78. The Morgan fingerprint density at radius 3 is 2.76 bits per heavy atom. The molecule has 138 valence electrons. The Bertz CT molecular complexity index is 624. The van der Waals surface area contributed by atoms with Crippen LogP contribution in [0.3, 0.4) is 0 Å². The second-order valence-electron chi connectivity index (χ2n) is 6.69. The third kappa shape index (κ3) is 4.51. The number of fused-ring (bicyclic) bond motifs is 1. The number of rotatable bonds is 4. The summed E-state index contributed by atoms with van der Waals surface area (Å²) in [5.41, 5.74) is 2.23. The first-order valence-electron chi connectivity index (χ1n) is 8.57. The van der Waals surface area contributed by atoms with E-state index in [1.165, 1.54) is 0 Å². The molecular formula is C18H26ClN3O3. The SMILES string of the molecule is COCC1(C(=O)Nc2ccc3c(c2)CCCC(=O)N3)CCNCC1.Cl. The molecule has 0 spiro atoms. The molecule has 3 rings (SSSR count).